The summed E-state index contributed by atoms with van der Waals surface area (Å²) in [6, 6.07) is 8.77. The highest BCUT2D eigenvalue weighted by atomic mass is 31.2. The Labute approximate surface area is 191 Å². The molecule has 2 atom stereocenters. The Kier molecular flexibility index (Phi) is 17.0. The number of rotatable bonds is 21. The average molecular weight is 455 g/mol. The van der Waals surface area contributed by atoms with E-state index in [0.29, 0.717) is 5.75 Å². The van der Waals surface area contributed by atoms with Crippen molar-refractivity contribution >= 4 is 7.82 Å². The smallest absolute Gasteiger partial charge is 0.404 e. The Morgan fingerprint density at radius 1 is 0.710 bits per heavy atom. The van der Waals surface area contributed by atoms with E-state index in [1.165, 1.54) is 77.0 Å². The molecule has 0 heterocycles. The number of benzene rings is 1. The van der Waals surface area contributed by atoms with Crippen LogP contribution in [-0.4, -0.2) is 11.0 Å². The van der Waals surface area contributed by atoms with E-state index in [1.54, 1.807) is 24.3 Å². The van der Waals surface area contributed by atoms with Crippen LogP contribution in [0.15, 0.2) is 30.3 Å². The van der Waals surface area contributed by atoms with Crippen LogP contribution < -0.4 is 4.52 Å². The molecule has 0 amide bonds. The minimum Gasteiger partial charge on any atom is -0.404 e. The Hall–Kier alpha value is -0.830. The summed E-state index contributed by atoms with van der Waals surface area (Å²) >= 11 is 0. The van der Waals surface area contributed by atoms with E-state index in [1.807, 2.05) is 6.07 Å². The number of para-hydroxylation sites is 1. The van der Waals surface area contributed by atoms with Crippen molar-refractivity contribution < 1.29 is 18.5 Å². The van der Waals surface area contributed by atoms with Gasteiger partial charge in [0.1, 0.15) is 5.75 Å². The molecular formula is C26H47O4P. The molecule has 0 aliphatic carbocycles. The maximum atomic E-state index is 12.5. The van der Waals surface area contributed by atoms with Crippen molar-refractivity contribution in [3.8, 4) is 5.75 Å². The van der Waals surface area contributed by atoms with Gasteiger partial charge in [-0.1, -0.05) is 128 Å². The van der Waals surface area contributed by atoms with E-state index in [4.69, 9.17) is 9.05 Å². The summed E-state index contributed by atoms with van der Waals surface area (Å²) < 4.78 is 23.4. The van der Waals surface area contributed by atoms with Crippen molar-refractivity contribution in [1.82, 2.24) is 0 Å². The largest absolute Gasteiger partial charge is 0.527 e. The first kappa shape index (κ1) is 28.2. The Morgan fingerprint density at radius 2 is 1.13 bits per heavy atom. The second-order valence-electron chi connectivity index (χ2n) is 8.77. The van der Waals surface area contributed by atoms with Gasteiger partial charge < -0.3 is 4.52 Å². The van der Waals surface area contributed by atoms with Crippen LogP contribution in [0, 0.1) is 0 Å². The van der Waals surface area contributed by atoms with Crippen LogP contribution in [0.25, 0.3) is 0 Å². The summed E-state index contributed by atoms with van der Waals surface area (Å²) in [6.07, 6.45) is 20.1. The standard InChI is InChI=1S/C26H47O4P/c1-3-5-7-9-11-12-13-15-18-22-25(21-17-14-10-8-6-4-2)29-31(27,28)30-26-23-19-16-20-24-26/h16,19-20,23-25H,3-15,17-18,21-22H2,1-2H3,(H,27,28). The van der Waals surface area contributed by atoms with Gasteiger partial charge in [0.15, 0.2) is 0 Å². The molecule has 0 aliphatic heterocycles. The lowest BCUT2D eigenvalue weighted by atomic mass is 10.0. The highest BCUT2D eigenvalue weighted by Crippen LogP contribution is 2.46. The van der Waals surface area contributed by atoms with Gasteiger partial charge in [0, 0.05) is 0 Å². The molecule has 0 fully saturated rings. The van der Waals surface area contributed by atoms with Gasteiger partial charge in [0.05, 0.1) is 6.10 Å². The molecule has 4 nitrogen and oxygen atoms in total. The highest BCUT2D eigenvalue weighted by Gasteiger charge is 2.27. The molecule has 0 spiro atoms. The molecular weight excluding hydrogens is 407 g/mol. The van der Waals surface area contributed by atoms with E-state index in [-0.39, 0.29) is 6.10 Å². The van der Waals surface area contributed by atoms with Crippen molar-refractivity contribution in [3.63, 3.8) is 0 Å². The summed E-state index contributed by atoms with van der Waals surface area (Å²) in [5.41, 5.74) is 0. The zero-order chi connectivity index (χ0) is 22.6. The van der Waals surface area contributed by atoms with E-state index in [2.05, 4.69) is 13.8 Å². The highest BCUT2D eigenvalue weighted by molar-refractivity contribution is 7.47. The molecule has 0 radical (unpaired) electrons. The van der Waals surface area contributed by atoms with Crippen LogP contribution in [0.5, 0.6) is 5.75 Å². The molecule has 5 heteroatoms. The number of phosphoric ester groups is 1. The first-order valence-electron chi connectivity index (χ1n) is 12.8. The molecule has 0 saturated carbocycles. The van der Waals surface area contributed by atoms with Crippen molar-refractivity contribution in [1.29, 1.82) is 0 Å². The molecule has 1 aromatic carbocycles. The molecule has 1 N–H and O–H groups in total. The fourth-order valence-corrected chi connectivity index (χ4v) is 4.93. The van der Waals surface area contributed by atoms with Gasteiger partial charge in [0.2, 0.25) is 0 Å². The lowest BCUT2D eigenvalue weighted by Gasteiger charge is -2.21. The number of phosphoric acid groups is 1. The van der Waals surface area contributed by atoms with Crippen LogP contribution in [-0.2, 0) is 9.09 Å². The minimum atomic E-state index is -4.11. The van der Waals surface area contributed by atoms with Crippen LogP contribution in [0.2, 0.25) is 0 Å². The summed E-state index contributed by atoms with van der Waals surface area (Å²) in [5, 5.41) is 0. The third-order valence-electron chi connectivity index (χ3n) is 5.76. The summed E-state index contributed by atoms with van der Waals surface area (Å²) in [4.78, 5) is 10.3. The maximum Gasteiger partial charge on any atom is 0.527 e. The molecule has 180 valence electrons. The Bertz CT molecular complexity index is 564. The van der Waals surface area contributed by atoms with Gasteiger partial charge in [-0.05, 0) is 25.0 Å². The second kappa shape index (κ2) is 18.7. The van der Waals surface area contributed by atoms with Crippen LogP contribution >= 0.6 is 7.82 Å². The maximum absolute atomic E-state index is 12.5. The third kappa shape index (κ3) is 16.5. The van der Waals surface area contributed by atoms with Crippen LogP contribution in [0.4, 0.5) is 0 Å². The number of unbranched alkanes of at least 4 members (excludes halogenated alkanes) is 13. The number of hydrogen-bond donors (Lipinski definition) is 1. The number of hydrogen-bond acceptors (Lipinski definition) is 3. The molecule has 31 heavy (non-hydrogen) atoms. The normalized spacial score (nSPS) is 14.3. The summed E-state index contributed by atoms with van der Waals surface area (Å²) in [5.74, 6) is 0.370. The first-order chi connectivity index (χ1) is 15.1. The SMILES string of the molecule is CCCCCCCCCCCC(CCCCCCCC)OP(=O)(O)Oc1ccccc1. The average Bonchev–Trinajstić information content (AvgIpc) is 2.75. The van der Waals surface area contributed by atoms with Crippen LogP contribution in [0.3, 0.4) is 0 Å². The zero-order valence-corrected chi connectivity index (χ0v) is 21.0. The predicted molar refractivity (Wildman–Crippen MR) is 132 cm³/mol. The third-order valence-corrected chi connectivity index (χ3v) is 6.76. The molecule has 2 unspecified atom stereocenters. The zero-order valence-electron chi connectivity index (χ0n) is 20.1. The van der Waals surface area contributed by atoms with Crippen molar-refractivity contribution in [3.05, 3.63) is 30.3 Å². The van der Waals surface area contributed by atoms with E-state index < -0.39 is 7.82 Å². The topological polar surface area (TPSA) is 55.8 Å². The van der Waals surface area contributed by atoms with Gasteiger partial charge >= 0.3 is 7.82 Å². The molecule has 1 rings (SSSR count). The summed E-state index contributed by atoms with van der Waals surface area (Å²) in [6.45, 7) is 4.47. The predicted octanol–water partition coefficient (Wildman–Crippen LogP) is 9.22. The minimum absolute atomic E-state index is 0.213. The van der Waals surface area contributed by atoms with Gasteiger partial charge in [-0.2, -0.15) is 0 Å². The fraction of sp³-hybridized carbons (Fsp3) is 0.769. The quantitative estimate of drug-likeness (QED) is 0.148. The molecule has 0 bridgehead atoms. The Balaban J connectivity index is 2.36. The lowest BCUT2D eigenvalue weighted by Crippen LogP contribution is -2.13. The van der Waals surface area contributed by atoms with Gasteiger partial charge in [-0.3, -0.25) is 9.42 Å². The summed E-state index contributed by atoms with van der Waals surface area (Å²) in [7, 11) is -4.11. The fourth-order valence-electron chi connectivity index (χ4n) is 3.91. The molecule has 1 aromatic rings. The van der Waals surface area contributed by atoms with E-state index >= 15 is 0 Å². The van der Waals surface area contributed by atoms with Gasteiger partial charge in [-0.25, -0.2) is 4.57 Å². The van der Waals surface area contributed by atoms with Crippen molar-refractivity contribution in [2.75, 3.05) is 0 Å². The monoisotopic (exact) mass is 454 g/mol. The van der Waals surface area contributed by atoms with Gasteiger partial charge in [-0.15, -0.1) is 0 Å². The molecule has 0 saturated heterocycles. The van der Waals surface area contributed by atoms with Crippen molar-refractivity contribution in [2.24, 2.45) is 0 Å². The second-order valence-corrected chi connectivity index (χ2v) is 10.1. The molecule has 0 aromatic heterocycles. The first-order valence-corrected chi connectivity index (χ1v) is 14.3. The molecule has 0 aliphatic rings. The van der Waals surface area contributed by atoms with Gasteiger partial charge in [0.25, 0.3) is 0 Å². The van der Waals surface area contributed by atoms with Crippen molar-refractivity contribution in [2.45, 2.75) is 129 Å². The van der Waals surface area contributed by atoms with E-state index in [0.717, 1.165) is 32.1 Å². The Morgan fingerprint density at radius 3 is 1.58 bits per heavy atom. The lowest BCUT2D eigenvalue weighted by molar-refractivity contribution is 0.119. The van der Waals surface area contributed by atoms with Crippen LogP contribution in [0.1, 0.15) is 123 Å². The van der Waals surface area contributed by atoms with E-state index in [9.17, 15) is 9.46 Å².